The Kier molecular flexibility index (Phi) is 14.6. The highest BCUT2D eigenvalue weighted by Crippen LogP contribution is 2.60. The molecule has 0 aliphatic rings. The van der Waals surface area contributed by atoms with E-state index in [-0.39, 0.29) is 62.9 Å². The van der Waals surface area contributed by atoms with Gasteiger partial charge in [0.25, 0.3) is 0 Å². The summed E-state index contributed by atoms with van der Waals surface area (Å²) in [5.74, 6) is 1.53. The lowest BCUT2D eigenvalue weighted by Gasteiger charge is -2.55. The summed E-state index contributed by atoms with van der Waals surface area (Å²) in [4.78, 5) is 38.8. The maximum absolute atomic E-state index is 14.0. The number of amides is 3. The molecule has 0 aliphatic heterocycles. The molecule has 0 aromatic rings. The summed E-state index contributed by atoms with van der Waals surface area (Å²) in [6, 6.07) is 4.79. The summed E-state index contributed by atoms with van der Waals surface area (Å²) >= 11 is 0. The summed E-state index contributed by atoms with van der Waals surface area (Å²) in [5, 5.41) is 38.9. The number of nitriles is 2. The lowest BCUT2D eigenvalue weighted by Crippen LogP contribution is -2.58. The molecular weight excluding hydrogens is 520 g/mol. The molecule has 41 heavy (non-hydrogen) atoms. The molecule has 10 heteroatoms. The summed E-state index contributed by atoms with van der Waals surface area (Å²) in [6.07, 6.45) is 5.89. The van der Waals surface area contributed by atoms with E-state index in [1.807, 2.05) is 27.7 Å². The van der Waals surface area contributed by atoms with Crippen LogP contribution >= 0.6 is 0 Å². The third-order valence-electron chi connectivity index (χ3n) is 9.40. The number of nitrogens with one attached hydrogen (secondary N) is 3. The van der Waals surface area contributed by atoms with Gasteiger partial charge in [-0.25, -0.2) is 0 Å². The Bertz CT molecular complexity index is 1030. The van der Waals surface area contributed by atoms with Crippen LogP contribution in [0.2, 0.25) is 0 Å². The van der Waals surface area contributed by atoms with Crippen molar-refractivity contribution < 1.29 is 19.5 Å². The number of terminal acetylenes is 1. The first-order valence-electron chi connectivity index (χ1n) is 14.3. The zero-order valence-corrected chi connectivity index (χ0v) is 26.4. The van der Waals surface area contributed by atoms with Crippen LogP contribution in [0, 0.1) is 62.1 Å². The number of aliphatic hydroxyl groups is 1. The molecular formula is C31H52N6O4. The van der Waals surface area contributed by atoms with Crippen LogP contribution in [0.3, 0.4) is 0 Å². The highest BCUT2D eigenvalue weighted by atomic mass is 16.3. The average molecular weight is 573 g/mol. The van der Waals surface area contributed by atoms with E-state index in [1.54, 1.807) is 27.7 Å². The molecule has 0 aromatic heterocycles. The van der Waals surface area contributed by atoms with Crippen LogP contribution in [0.15, 0.2) is 0 Å². The molecule has 6 N–H and O–H groups in total. The SMILES string of the molecule is C#CCNC(=O)CCC(C)(C#N)C(C)(C)CC(C)(C(=O)NCC(C)O)C(C)(C)C(C)(C#N)CCC(=O)NCCCN. The minimum Gasteiger partial charge on any atom is -0.392 e. The van der Waals surface area contributed by atoms with Crippen molar-refractivity contribution >= 4 is 17.7 Å². The van der Waals surface area contributed by atoms with Crippen LogP contribution < -0.4 is 21.7 Å². The molecule has 0 rings (SSSR count). The number of hydrogen-bond donors (Lipinski definition) is 5. The van der Waals surface area contributed by atoms with Crippen molar-refractivity contribution in [1.29, 1.82) is 10.5 Å². The van der Waals surface area contributed by atoms with Crippen LogP contribution in [0.25, 0.3) is 0 Å². The molecule has 3 amide bonds. The molecule has 0 heterocycles. The van der Waals surface area contributed by atoms with E-state index in [9.17, 15) is 30.0 Å². The number of hydrogen-bond acceptors (Lipinski definition) is 7. The van der Waals surface area contributed by atoms with E-state index in [0.717, 1.165) is 0 Å². The van der Waals surface area contributed by atoms with Gasteiger partial charge in [-0.15, -0.1) is 6.42 Å². The largest absolute Gasteiger partial charge is 0.392 e. The number of nitrogens with zero attached hydrogens (tertiary/aromatic N) is 2. The van der Waals surface area contributed by atoms with Gasteiger partial charge in [-0.05, 0) is 63.8 Å². The molecule has 0 fully saturated rings. The van der Waals surface area contributed by atoms with Crippen LogP contribution in [0.4, 0.5) is 0 Å². The van der Waals surface area contributed by atoms with Gasteiger partial charge in [0, 0.05) is 25.9 Å². The fourth-order valence-electron chi connectivity index (χ4n) is 5.15. The maximum Gasteiger partial charge on any atom is 0.226 e. The van der Waals surface area contributed by atoms with E-state index in [2.05, 4.69) is 34.0 Å². The van der Waals surface area contributed by atoms with Crippen LogP contribution in [0.1, 0.15) is 93.9 Å². The molecule has 0 aliphatic carbocycles. The van der Waals surface area contributed by atoms with Crippen molar-refractivity contribution in [2.75, 3.05) is 26.2 Å². The zero-order valence-electron chi connectivity index (χ0n) is 26.4. The molecule has 0 aromatic carbocycles. The molecule has 230 valence electrons. The molecule has 0 spiro atoms. The Morgan fingerprint density at radius 1 is 0.902 bits per heavy atom. The highest BCUT2D eigenvalue weighted by molar-refractivity contribution is 5.83. The predicted octanol–water partition coefficient (Wildman–Crippen LogP) is 2.77. The van der Waals surface area contributed by atoms with Crippen LogP contribution in [-0.2, 0) is 14.4 Å². The Labute approximate surface area is 247 Å². The van der Waals surface area contributed by atoms with Gasteiger partial charge in [0.1, 0.15) is 0 Å². The Morgan fingerprint density at radius 3 is 1.88 bits per heavy atom. The number of carbonyl (C=O) groups is 3. The van der Waals surface area contributed by atoms with Gasteiger partial charge < -0.3 is 26.8 Å². The number of nitrogens with two attached hydrogens (primary N) is 1. The summed E-state index contributed by atoms with van der Waals surface area (Å²) in [5.41, 5.74) is 0.323. The normalized spacial score (nSPS) is 16.8. The van der Waals surface area contributed by atoms with E-state index in [1.165, 1.54) is 0 Å². The first kappa shape index (κ1) is 37.9. The van der Waals surface area contributed by atoms with Crippen molar-refractivity contribution in [1.82, 2.24) is 16.0 Å². The first-order valence-corrected chi connectivity index (χ1v) is 14.3. The Balaban J connectivity index is 6.49. The zero-order chi connectivity index (χ0) is 32.1. The maximum atomic E-state index is 14.0. The number of carbonyl (C=O) groups excluding carboxylic acids is 3. The number of rotatable bonds is 18. The second kappa shape index (κ2) is 15.8. The predicted molar refractivity (Wildman–Crippen MR) is 159 cm³/mol. The molecule has 0 saturated carbocycles. The molecule has 4 unspecified atom stereocenters. The molecule has 0 saturated heterocycles. The minimum atomic E-state index is -1.23. The Morgan fingerprint density at radius 2 is 1.41 bits per heavy atom. The summed E-state index contributed by atoms with van der Waals surface area (Å²) in [6.45, 7) is 15.4. The van der Waals surface area contributed by atoms with Crippen molar-refractivity contribution in [3.8, 4) is 24.5 Å². The molecule has 4 atom stereocenters. The van der Waals surface area contributed by atoms with Gasteiger partial charge in [0.15, 0.2) is 0 Å². The van der Waals surface area contributed by atoms with Crippen molar-refractivity contribution in [2.24, 2.45) is 32.8 Å². The first-order chi connectivity index (χ1) is 18.8. The lowest BCUT2D eigenvalue weighted by molar-refractivity contribution is -0.149. The second-order valence-electron chi connectivity index (χ2n) is 12.9. The van der Waals surface area contributed by atoms with E-state index in [0.29, 0.717) is 19.5 Å². The monoisotopic (exact) mass is 572 g/mol. The standard InChI is InChI=1S/C31H52N6O4/c1-10-17-35-24(39)12-14-29(7,21-33)27(3,4)20-31(9,26(41)37-19-23(2)38)28(5,6)30(8,22-34)15-13-25(40)36-18-11-16-32/h1,23,38H,11-20,32H2,2-9H3,(H,35,39)(H,36,40)(H,37,41). The summed E-state index contributed by atoms with van der Waals surface area (Å²) in [7, 11) is 0. The lowest BCUT2D eigenvalue weighted by atomic mass is 9.47. The van der Waals surface area contributed by atoms with Crippen molar-refractivity contribution in [3.05, 3.63) is 0 Å². The fourth-order valence-corrected chi connectivity index (χ4v) is 5.15. The second-order valence-corrected chi connectivity index (χ2v) is 12.9. The average Bonchev–Trinajstić information content (AvgIpc) is 2.91. The Hall–Kier alpha value is -3.13. The highest BCUT2D eigenvalue weighted by Gasteiger charge is 2.60. The third kappa shape index (κ3) is 9.73. The van der Waals surface area contributed by atoms with E-state index < -0.39 is 33.2 Å². The van der Waals surface area contributed by atoms with E-state index in [4.69, 9.17) is 12.2 Å². The molecule has 0 bridgehead atoms. The van der Waals surface area contributed by atoms with Crippen molar-refractivity contribution in [2.45, 2.75) is 100 Å². The fraction of sp³-hybridized carbons (Fsp3) is 0.774. The molecule has 0 radical (unpaired) electrons. The van der Waals surface area contributed by atoms with Gasteiger partial charge >= 0.3 is 0 Å². The van der Waals surface area contributed by atoms with Gasteiger partial charge in [-0.1, -0.05) is 40.5 Å². The van der Waals surface area contributed by atoms with Crippen LogP contribution in [-0.4, -0.2) is 55.1 Å². The van der Waals surface area contributed by atoms with Gasteiger partial charge in [0.2, 0.25) is 17.7 Å². The van der Waals surface area contributed by atoms with Crippen molar-refractivity contribution in [3.63, 3.8) is 0 Å². The molecule has 10 nitrogen and oxygen atoms in total. The van der Waals surface area contributed by atoms with Gasteiger partial charge in [-0.3, -0.25) is 14.4 Å². The minimum absolute atomic E-state index is 0.0165. The number of aliphatic hydroxyl groups excluding tert-OH is 1. The van der Waals surface area contributed by atoms with Gasteiger partial charge in [0.05, 0.1) is 41.0 Å². The quantitative estimate of drug-likeness (QED) is 0.124. The van der Waals surface area contributed by atoms with E-state index >= 15 is 0 Å². The third-order valence-corrected chi connectivity index (χ3v) is 9.40. The van der Waals surface area contributed by atoms with Crippen LogP contribution in [0.5, 0.6) is 0 Å². The summed E-state index contributed by atoms with van der Waals surface area (Å²) < 4.78 is 0. The smallest absolute Gasteiger partial charge is 0.226 e. The van der Waals surface area contributed by atoms with Gasteiger partial charge in [-0.2, -0.15) is 10.5 Å². The topological polar surface area (TPSA) is 181 Å².